The number of carbonyl (C=O) groups excluding carboxylic acids is 6. The van der Waals surface area contributed by atoms with E-state index in [-0.39, 0.29) is 78.9 Å². The van der Waals surface area contributed by atoms with Gasteiger partial charge in [0.05, 0.1) is 44.8 Å². The van der Waals surface area contributed by atoms with Gasteiger partial charge in [-0.1, -0.05) is 102 Å². The number of nitrogens with one attached hydrogen (secondary N) is 2. The van der Waals surface area contributed by atoms with Gasteiger partial charge in [-0.15, -0.1) is 0 Å². The second-order valence-electron chi connectivity index (χ2n) is 30.4. The first-order chi connectivity index (χ1) is 61.8. The van der Waals surface area contributed by atoms with Gasteiger partial charge in [-0.2, -0.15) is 0 Å². The maximum atomic E-state index is 12.3. The van der Waals surface area contributed by atoms with Crippen molar-refractivity contribution in [2.45, 2.75) is 104 Å². The molecule has 131 heavy (non-hydrogen) atoms. The first-order valence-electron chi connectivity index (χ1n) is 39.2. The average molecular weight is 1910 g/mol. The molecule has 0 unspecified atom stereocenters. The maximum Gasteiger partial charge on any atom is 0.490 e. The number of nitrogens with zero attached hydrogens (tertiary/aromatic N) is 10. The van der Waals surface area contributed by atoms with E-state index in [2.05, 4.69) is 39.9 Å². The minimum atomic E-state index is -1.44. The van der Waals surface area contributed by atoms with E-state index < -0.39 is 64.1 Å². The van der Waals surface area contributed by atoms with Crippen LogP contribution in [0.3, 0.4) is 0 Å². The molecule has 11 aromatic rings. The molecule has 0 saturated carbocycles. The highest BCUT2D eigenvalue weighted by Crippen LogP contribution is 2.40. The maximum absolute atomic E-state index is 12.3. The quantitative estimate of drug-likeness (QED) is 0.0188. The SMILES string of the molecule is CC(C)(C)OC(=O)N1CC=C(B2OC(C)(C)C(C)(C)O2)CC1.CC(C)(C)OC(=O)N1CC=C(c2ncc(C(N)=O)c(-c3ccc(Oc4ccccc4)cc3)n2)CC1.CO.NC(=O)c1cnc(Cl)nc1-c1ccc(Oc2ccccc2)cc1.NC(=O)c1cnc(Cl)nc1Cl.O=C(Cl)c1cnc(Cl)nc1Cl.O=C(O)c1c[nH]c(=O)[nH]c1=O.OB(O)c1ccc(Oc2ccccc2)cc1. The predicted molar refractivity (Wildman–Crippen MR) is 495 cm³/mol. The zero-order chi connectivity index (χ0) is 96.7. The van der Waals surface area contributed by atoms with Crippen molar-refractivity contribution >= 4 is 136 Å². The van der Waals surface area contributed by atoms with Gasteiger partial charge in [0.15, 0.2) is 5.82 Å². The Balaban J connectivity index is 0.000000217. The van der Waals surface area contributed by atoms with Gasteiger partial charge in [0, 0.05) is 75.4 Å². The highest BCUT2D eigenvalue weighted by Gasteiger charge is 2.52. The highest BCUT2D eigenvalue weighted by molar-refractivity contribution is 6.68. The fraction of sp³-hybridized carbons (Fsp3) is 0.239. The number of amides is 5. The molecule has 35 nitrogen and oxygen atoms in total. The number of hydrogen-bond acceptors (Lipinski definition) is 27. The predicted octanol–water partition coefficient (Wildman–Crippen LogP) is 14.5. The molecule has 686 valence electrons. The summed E-state index contributed by atoms with van der Waals surface area (Å²) in [6, 6.07) is 49.3. The number of benzene rings is 6. The third-order valence-electron chi connectivity index (χ3n) is 18.0. The van der Waals surface area contributed by atoms with Crippen molar-refractivity contribution in [1.82, 2.24) is 59.6 Å². The third kappa shape index (κ3) is 33.5. The van der Waals surface area contributed by atoms with Crippen LogP contribution in [0.2, 0.25) is 26.2 Å². The van der Waals surface area contributed by atoms with Crippen LogP contribution in [0, 0.1) is 0 Å². The van der Waals surface area contributed by atoms with E-state index in [1.54, 1.807) is 63.3 Å². The molecule has 6 aromatic carbocycles. The lowest BCUT2D eigenvalue weighted by Gasteiger charge is -2.32. The molecule has 0 radical (unpaired) electrons. The number of aromatic carboxylic acids is 1. The normalized spacial score (nSPS) is 13.2. The Morgan fingerprint density at radius 3 is 1.21 bits per heavy atom. The number of aliphatic hydroxyl groups is 1. The molecular formula is C88H91B2Cl6N15O20. The van der Waals surface area contributed by atoms with Gasteiger partial charge in [0.1, 0.15) is 61.6 Å². The summed E-state index contributed by atoms with van der Waals surface area (Å²) in [5.41, 5.74) is 17.3. The van der Waals surface area contributed by atoms with Crippen molar-refractivity contribution < 1.29 is 86.8 Å². The van der Waals surface area contributed by atoms with Crippen LogP contribution in [0.1, 0.15) is 140 Å². The number of hydrogen-bond donors (Lipinski definition) is 9. The number of carbonyl (C=O) groups is 7. The first-order valence-corrected chi connectivity index (χ1v) is 41.5. The van der Waals surface area contributed by atoms with Gasteiger partial charge >= 0.3 is 38.1 Å². The molecule has 0 spiro atoms. The van der Waals surface area contributed by atoms with E-state index in [1.165, 1.54) is 24.8 Å². The van der Waals surface area contributed by atoms with E-state index in [9.17, 15) is 43.2 Å². The molecule has 5 aromatic heterocycles. The Morgan fingerprint density at radius 2 is 0.855 bits per heavy atom. The monoisotopic (exact) mass is 1910 g/mol. The molecule has 0 bridgehead atoms. The van der Waals surface area contributed by atoms with Crippen LogP contribution in [-0.2, 0) is 18.8 Å². The molecule has 8 heterocycles. The van der Waals surface area contributed by atoms with Crippen LogP contribution in [-0.4, -0.2) is 191 Å². The van der Waals surface area contributed by atoms with E-state index in [0.29, 0.717) is 78.1 Å². The zero-order valence-electron chi connectivity index (χ0n) is 72.3. The summed E-state index contributed by atoms with van der Waals surface area (Å²) < 4.78 is 40.1. The summed E-state index contributed by atoms with van der Waals surface area (Å²) in [6.45, 7) is 21.4. The Labute approximate surface area is 782 Å². The molecule has 3 aliphatic heterocycles. The second kappa shape index (κ2) is 49.1. The number of halogens is 6. The Hall–Kier alpha value is -13.0. The number of para-hydroxylation sites is 3. The minimum absolute atomic E-state index is 0.0139. The van der Waals surface area contributed by atoms with Gasteiger partial charge < -0.3 is 85.2 Å². The summed E-state index contributed by atoms with van der Waals surface area (Å²) in [4.78, 5) is 138. The molecule has 43 heteroatoms. The number of H-pyrrole nitrogens is 2. The van der Waals surface area contributed by atoms with Crippen molar-refractivity contribution in [1.29, 1.82) is 0 Å². The van der Waals surface area contributed by atoms with E-state index in [4.69, 9.17) is 140 Å². The number of aromatic nitrogens is 10. The number of aliphatic hydroxyl groups excluding tert-OH is 1. The van der Waals surface area contributed by atoms with E-state index >= 15 is 0 Å². The molecule has 3 aliphatic rings. The van der Waals surface area contributed by atoms with Crippen LogP contribution in [0.25, 0.3) is 28.1 Å². The van der Waals surface area contributed by atoms with Crippen LogP contribution in [0.5, 0.6) is 34.5 Å². The number of rotatable bonds is 16. The van der Waals surface area contributed by atoms with Gasteiger partial charge in [0.2, 0.25) is 15.9 Å². The molecule has 0 aliphatic carbocycles. The third-order valence-corrected chi connectivity index (χ3v) is 19.3. The van der Waals surface area contributed by atoms with Crippen molar-refractivity contribution in [3.63, 3.8) is 0 Å². The molecular weight excluding hydrogens is 1820 g/mol. The van der Waals surface area contributed by atoms with Crippen molar-refractivity contribution in [3.8, 4) is 57.0 Å². The van der Waals surface area contributed by atoms with Crippen LogP contribution >= 0.6 is 69.6 Å². The summed E-state index contributed by atoms with van der Waals surface area (Å²) in [7, 11) is -0.753. The Bertz CT molecular complexity index is 5870. The number of carboxylic acids is 1. The Morgan fingerprint density at radius 1 is 0.489 bits per heavy atom. The standard InChI is InChI=1S/C27H28N4O4.C17H12ClN3O2.C16H28BNO4.C12H11BO3.C5HCl3N2O.C5H3Cl2N3O.C5H4N2O4.CH4O/c1-27(2,3)35-26(33)31-15-13-19(14-16-31)25-29-17-22(24(28)32)23(30-25)18-9-11-21(12-10-18)34-20-7-5-4-6-8-20;18-17-20-10-14(16(19)22)15(21-17)11-6-8-13(9-7-11)23-12-4-2-1-3-5-12;1-14(2,3)20-13(19)18-10-8-12(9-11-18)17-21-15(4,5)16(6,7)22-17;14-13(15)10-6-8-12(9-7-10)16-11-4-2-1-3-5-11;6-3-2(4(7)11)1-9-5(8)10-3;6-3-2(4(8)11)1-9-5(7)10-3;8-3-2(4(9)10)1-6-5(11)7-3;1-2/h4-13,17H,14-16H2,1-3H3,(H2,28,32);1-10H,(H2,19,22);8H,9-11H2,1-7H3;1-9,14-15H;1H;1H,(H2,8,11);1H,(H,9,10)(H2,6,7,8,11);2H,1H3. The lowest BCUT2D eigenvalue weighted by molar-refractivity contribution is 0.00578. The van der Waals surface area contributed by atoms with Gasteiger partial charge in [-0.3, -0.25) is 29.0 Å². The summed E-state index contributed by atoms with van der Waals surface area (Å²) in [5, 5.41) is 32.4. The fourth-order valence-electron chi connectivity index (χ4n) is 10.9. The molecule has 12 N–H and O–H groups in total. The van der Waals surface area contributed by atoms with Gasteiger partial charge in [-0.25, -0.2) is 59.0 Å². The van der Waals surface area contributed by atoms with Crippen molar-refractivity contribution in [2.24, 2.45) is 17.2 Å². The van der Waals surface area contributed by atoms with Crippen molar-refractivity contribution in [3.05, 3.63) is 293 Å². The number of ether oxygens (including phenoxy) is 5. The van der Waals surface area contributed by atoms with E-state index in [0.717, 1.165) is 53.6 Å². The van der Waals surface area contributed by atoms with Crippen LogP contribution in [0.15, 0.2) is 222 Å². The molecule has 14 rings (SSSR count). The Kier molecular flexibility index (Phi) is 39.4. The molecule has 5 amide bonds. The highest BCUT2D eigenvalue weighted by atomic mass is 35.5. The fourth-order valence-corrected chi connectivity index (χ4v) is 12.0. The summed E-state index contributed by atoms with van der Waals surface area (Å²) in [5.74, 6) is 1.44. The lowest BCUT2D eigenvalue weighted by atomic mass is 9.75. The van der Waals surface area contributed by atoms with Crippen LogP contribution in [0.4, 0.5) is 9.59 Å². The molecule has 0 atom stereocenters. The summed E-state index contributed by atoms with van der Waals surface area (Å²) >= 11 is 32.6. The number of carboxylic acid groups (broad SMARTS) is 1. The smallest absolute Gasteiger partial charge is 0.477 e. The number of aromatic amines is 2. The average Bonchev–Trinajstić information content (AvgIpc) is 1.61. The van der Waals surface area contributed by atoms with E-state index in [1.807, 2.05) is 202 Å². The van der Waals surface area contributed by atoms with Gasteiger partial charge in [-0.05, 0) is 242 Å². The van der Waals surface area contributed by atoms with Crippen LogP contribution < -0.4 is 48.1 Å². The minimum Gasteiger partial charge on any atom is -0.477 e. The topological polar surface area (TPSA) is 518 Å². The first kappa shape index (κ1) is 105. The summed E-state index contributed by atoms with van der Waals surface area (Å²) in [6.07, 6.45) is 10.6. The van der Waals surface area contributed by atoms with Gasteiger partial charge in [0.25, 0.3) is 28.5 Å². The number of primary amides is 3. The zero-order valence-corrected chi connectivity index (χ0v) is 76.9. The molecule has 1 fully saturated rings. The largest absolute Gasteiger partial charge is 0.490 e. The lowest BCUT2D eigenvalue weighted by Crippen LogP contribution is -2.41. The van der Waals surface area contributed by atoms with Crippen molar-refractivity contribution in [2.75, 3.05) is 33.3 Å². The molecule has 1 saturated heterocycles. The second-order valence-corrected chi connectivity index (χ2v) is 32.5. The number of nitrogens with two attached hydrogens (primary N) is 3.